The van der Waals surface area contributed by atoms with E-state index in [0.717, 1.165) is 42.7 Å². The first-order chi connectivity index (χ1) is 14.1. The third kappa shape index (κ3) is 3.88. The van der Waals surface area contributed by atoms with Crippen molar-refractivity contribution in [3.05, 3.63) is 65.2 Å². The lowest BCUT2D eigenvalue weighted by molar-refractivity contribution is -0.138. The highest BCUT2D eigenvalue weighted by molar-refractivity contribution is 5.71. The Morgan fingerprint density at radius 2 is 1.53 bits per heavy atom. The Bertz CT molecular complexity index is 1050. The van der Waals surface area contributed by atoms with Gasteiger partial charge in [0, 0.05) is 17.7 Å². The Balaban J connectivity index is 1.83. The van der Waals surface area contributed by atoms with Gasteiger partial charge in [-0.3, -0.25) is 0 Å². The van der Waals surface area contributed by atoms with Crippen molar-refractivity contribution in [3.63, 3.8) is 0 Å². The molecule has 0 spiro atoms. The normalized spacial score (nSPS) is 14.7. The Kier molecular flexibility index (Phi) is 4.99. The Hall–Kier alpha value is -2.97. The predicted molar refractivity (Wildman–Crippen MR) is 100 cm³/mol. The van der Waals surface area contributed by atoms with Crippen molar-refractivity contribution in [2.75, 3.05) is 11.9 Å². The van der Waals surface area contributed by atoms with Gasteiger partial charge in [0.1, 0.15) is 5.82 Å². The van der Waals surface area contributed by atoms with Crippen LogP contribution in [0.3, 0.4) is 0 Å². The second kappa shape index (κ2) is 7.37. The number of hydrogen-bond donors (Lipinski definition) is 1. The zero-order valence-corrected chi connectivity index (χ0v) is 15.6. The number of fused-ring (bicyclic) bond motifs is 1. The van der Waals surface area contributed by atoms with Gasteiger partial charge in [-0.2, -0.15) is 31.4 Å². The average Bonchev–Trinajstić information content (AvgIpc) is 2.88. The minimum absolute atomic E-state index is 0.230. The molecule has 0 fully saturated rings. The smallest absolute Gasteiger partial charge is 0.370 e. The standard InChI is InChI=1S/C21H17F6N3/c22-20(23,24)14-9-7-13(8-10-14)18-17-6-1-2-11-28-19(17)30(29-18)16-5-3-4-15(12-16)21(25,26)27/h3-5,7-10,12,28H,1-2,6,11H2. The quantitative estimate of drug-likeness (QED) is 0.487. The molecule has 0 saturated carbocycles. The van der Waals surface area contributed by atoms with E-state index in [4.69, 9.17) is 0 Å². The molecule has 0 bridgehead atoms. The molecule has 0 amide bonds. The average molecular weight is 425 g/mol. The maximum atomic E-state index is 13.2. The van der Waals surface area contributed by atoms with Gasteiger partial charge in [0.15, 0.2) is 0 Å². The van der Waals surface area contributed by atoms with Crippen molar-refractivity contribution in [2.45, 2.75) is 31.6 Å². The van der Waals surface area contributed by atoms with Crippen LogP contribution < -0.4 is 5.32 Å². The lowest BCUT2D eigenvalue weighted by Crippen LogP contribution is -2.09. The molecule has 158 valence electrons. The SMILES string of the molecule is FC(F)(F)c1ccc(-c2nn(-c3cccc(C(F)(F)F)c3)c3c2CCCCN3)cc1. The zero-order chi connectivity index (χ0) is 21.5. The number of nitrogens with one attached hydrogen (secondary N) is 1. The summed E-state index contributed by atoms with van der Waals surface area (Å²) in [6.45, 7) is 0.629. The Labute approximate surface area is 168 Å². The summed E-state index contributed by atoms with van der Waals surface area (Å²) in [5, 5.41) is 7.71. The van der Waals surface area contributed by atoms with Crippen molar-refractivity contribution >= 4 is 5.82 Å². The first-order valence-electron chi connectivity index (χ1n) is 9.35. The number of rotatable bonds is 2. The molecule has 1 N–H and O–H groups in total. The van der Waals surface area contributed by atoms with Crippen molar-refractivity contribution < 1.29 is 26.3 Å². The molecule has 0 radical (unpaired) electrons. The summed E-state index contributed by atoms with van der Waals surface area (Å²) in [5.74, 6) is 0.571. The topological polar surface area (TPSA) is 29.9 Å². The van der Waals surface area contributed by atoms with Gasteiger partial charge in [0.2, 0.25) is 0 Å². The molecule has 3 aromatic rings. The number of alkyl halides is 6. The molecule has 1 aromatic heterocycles. The fourth-order valence-electron chi connectivity index (χ4n) is 3.55. The molecule has 4 rings (SSSR count). The summed E-state index contributed by atoms with van der Waals surface area (Å²) < 4.78 is 79.5. The summed E-state index contributed by atoms with van der Waals surface area (Å²) in [7, 11) is 0. The first kappa shape index (κ1) is 20.3. The summed E-state index contributed by atoms with van der Waals surface area (Å²) in [5.41, 5.74) is 0.388. The van der Waals surface area contributed by atoms with Gasteiger partial charge >= 0.3 is 12.4 Å². The van der Waals surface area contributed by atoms with Crippen LogP contribution in [0, 0.1) is 0 Å². The monoisotopic (exact) mass is 425 g/mol. The summed E-state index contributed by atoms with van der Waals surface area (Å²) in [6, 6.07) is 9.46. The van der Waals surface area contributed by atoms with E-state index in [-0.39, 0.29) is 5.69 Å². The number of halogens is 6. The van der Waals surface area contributed by atoms with E-state index in [1.165, 1.54) is 28.9 Å². The van der Waals surface area contributed by atoms with Crippen molar-refractivity contribution in [3.8, 4) is 16.9 Å². The zero-order valence-electron chi connectivity index (χ0n) is 15.6. The van der Waals surface area contributed by atoms with Crippen LogP contribution in [0.4, 0.5) is 32.2 Å². The maximum Gasteiger partial charge on any atom is 0.416 e. The molecule has 0 aliphatic carbocycles. The highest BCUT2D eigenvalue weighted by Gasteiger charge is 2.32. The summed E-state index contributed by atoms with van der Waals surface area (Å²) in [6.07, 6.45) is -6.62. The van der Waals surface area contributed by atoms with Crippen molar-refractivity contribution in [1.29, 1.82) is 0 Å². The Morgan fingerprint density at radius 1 is 0.833 bits per heavy atom. The molecule has 0 saturated heterocycles. The van der Waals surface area contributed by atoms with Crippen LogP contribution in [0.2, 0.25) is 0 Å². The minimum Gasteiger partial charge on any atom is -0.370 e. The van der Waals surface area contributed by atoms with E-state index in [1.807, 2.05) is 0 Å². The molecular weight excluding hydrogens is 408 g/mol. The molecule has 2 heterocycles. The molecule has 0 unspecified atom stereocenters. The molecule has 30 heavy (non-hydrogen) atoms. The van der Waals surface area contributed by atoms with E-state index < -0.39 is 23.5 Å². The number of hydrogen-bond acceptors (Lipinski definition) is 2. The fraction of sp³-hybridized carbons (Fsp3) is 0.286. The van der Waals surface area contributed by atoms with Gasteiger partial charge in [-0.15, -0.1) is 0 Å². The molecule has 1 aliphatic heterocycles. The van der Waals surface area contributed by atoms with Gasteiger partial charge in [-0.1, -0.05) is 18.2 Å². The largest absolute Gasteiger partial charge is 0.416 e. The second-order valence-electron chi connectivity index (χ2n) is 7.09. The number of anilines is 1. The van der Waals surface area contributed by atoms with Crippen LogP contribution in [-0.4, -0.2) is 16.3 Å². The highest BCUT2D eigenvalue weighted by Crippen LogP contribution is 2.37. The van der Waals surface area contributed by atoms with E-state index in [9.17, 15) is 26.3 Å². The minimum atomic E-state index is -4.50. The van der Waals surface area contributed by atoms with Crippen LogP contribution in [0.25, 0.3) is 16.9 Å². The van der Waals surface area contributed by atoms with Crippen LogP contribution in [-0.2, 0) is 18.8 Å². The maximum absolute atomic E-state index is 13.2. The molecule has 3 nitrogen and oxygen atoms in total. The molecule has 2 aromatic carbocycles. The molecule has 0 atom stereocenters. The summed E-state index contributed by atoms with van der Waals surface area (Å²) >= 11 is 0. The van der Waals surface area contributed by atoms with Gasteiger partial charge in [-0.25, -0.2) is 4.68 Å². The van der Waals surface area contributed by atoms with Gasteiger partial charge in [0.25, 0.3) is 0 Å². The van der Waals surface area contributed by atoms with Gasteiger partial charge in [0.05, 0.1) is 22.5 Å². The Morgan fingerprint density at radius 3 is 2.20 bits per heavy atom. The predicted octanol–water partition coefficient (Wildman–Crippen LogP) is 6.33. The van der Waals surface area contributed by atoms with Gasteiger partial charge in [-0.05, 0) is 49.6 Å². The van der Waals surface area contributed by atoms with E-state index >= 15 is 0 Å². The third-order valence-electron chi connectivity index (χ3n) is 5.03. The van der Waals surface area contributed by atoms with Crippen LogP contribution in [0.15, 0.2) is 48.5 Å². The number of aromatic nitrogens is 2. The number of nitrogens with zero attached hydrogens (tertiary/aromatic N) is 2. The fourth-order valence-corrected chi connectivity index (χ4v) is 3.55. The molecular formula is C21H17F6N3. The van der Waals surface area contributed by atoms with E-state index in [1.54, 1.807) is 0 Å². The van der Waals surface area contributed by atoms with Crippen molar-refractivity contribution in [1.82, 2.24) is 9.78 Å². The number of benzene rings is 2. The van der Waals surface area contributed by atoms with E-state index in [0.29, 0.717) is 30.0 Å². The first-order valence-corrected chi connectivity index (χ1v) is 9.35. The van der Waals surface area contributed by atoms with Crippen LogP contribution >= 0.6 is 0 Å². The lowest BCUT2D eigenvalue weighted by Gasteiger charge is -2.12. The summed E-state index contributed by atoms with van der Waals surface area (Å²) in [4.78, 5) is 0. The third-order valence-corrected chi connectivity index (χ3v) is 5.03. The highest BCUT2D eigenvalue weighted by atomic mass is 19.4. The second-order valence-corrected chi connectivity index (χ2v) is 7.09. The van der Waals surface area contributed by atoms with Crippen LogP contribution in [0.1, 0.15) is 29.5 Å². The van der Waals surface area contributed by atoms with Crippen LogP contribution in [0.5, 0.6) is 0 Å². The lowest BCUT2D eigenvalue weighted by atomic mass is 10.0. The molecule has 1 aliphatic rings. The van der Waals surface area contributed by atoms with E-state index in [2.05, 4.69) is 10.4 Å². The van der Waals surface area contributed by atoms with Gasteiger partial charge < -0.3 is 5.32 Å². The molecule has 9 heteroatoms. The van der Waals surface area contributed by atoms with Crippen molar-refractivity contribution in [2.24, 2.45) is 0 Å².